The number of aliphatic hydroxyl groups is 1. The number of rotatable bonds is 4. The molecule has 0 radical (unpaired) electrons. The van der Waals surface area contributed by atoms with Crippen LogP contribution in [0.5, 0.6) is 0 Å². The lowest BCUT2D eigenvalue weighted by molar-refractivity contribution is 0.0117. The summed E-state index contributed by atoms with van der Waals surface area (Å²) in [6.07, 6.45) is 5.48. The van der Waals surface area contributed by atoms with E-state index in [1.54, 1.807) is 0 Å². The third-order valence-corrected chi connectivity index (χ3v) is 4.60. The molecule has 0 saturated carbocycles. The molecule has 108 valence electrons. The summed E-state index contributed by atoms with van der Waals surface area (Å²) in [4.78, 5) is 2.41. The van der Waals surface area contributed by atoms with Gasteiger partial charge >= 0.3 is 0 Å². The van der Waals surface area contributed by atoms with E-state index in [9.17, 15) is 5.11 Å². The summed E-state index contributed by atoms with van der Waals surface area (Å²) in [5, 5.41) is 15.5. The highest BCUT2D eigenvalue weighted by atomic mass is 79.9. The van der Waals surface area contributed by atoms with E-state index in [0.29, 0.717) is 0 Å². The molecule has 2 rings (SSSR count). The number of aromatic nitrogens is 2. The van der Waals surface area contributed by atoms with Crippen LogP contribution in [0.1, 0.15) is 45.2 Å². The first-order valence-corrected chi connectivity index (χ1v) is 8.06. The van der Waals surface area contributed by atoms with Gasteiger partial charge in [-0.1, -0.05) is 13.8 Å². The molecule has 0 aromatic carbocycles. The third kappa shape index (κ3) is 3.20. The molecule has 1 atom stereocenters. The SMILES string of the molecule is CCCn1ncc(Br)c1C1(O)CCCN(CC)CC1. The Morgan fingerprint density at radius 2 is 2.16 bits per heavy atom. The minimum Gasteiger partial charge on any atom is -0.383 e. The molecule has 4 nitrogen and oxygen atoms in total. The van der Waals surface area contributed by atoms with Crippen LogP contribution in [0, 0.1) is 0 Å². The van der Waals surface area contributed by atoms with Gasteiger partial charge < -0.3 is 10.0 Å². The van der Waals surface area contributed by atoms with E-state index in [2.05, 4.69) is 39.8 Å². The Morgan fingerprint density at radius 1 is 1.37 bits per heavy atom. The molecule has 1 saturated heterocycles. The van der Waals surface area contributed by atoms with E-state index < -0.39 is 5.60 Å². The number of hydrogen-bond acceptors (Lipinski definition) is 3. The van der Waals surface area contributed by atoms with E-state index in [1.165, 1.54) is 0 Å². The summed E-state index contributed by atoms with van der Waals surface area (Å²) in [5.74, 6) is 0. The number of likely N-dealkylation sites (tertiary alicyclic amines) is 1. The summed E-state index contributed by atoms with van der Waals surface area (Å²) >= 11 is 3.56. The molecule has 1 fully saturated rings. The summed E-state index contributed by atoms with van der Waals surface area (Å²) < 4.78 is 2.90. The second kappa shape index (κ2) is 6.37. The monoisotopic (exact) mass is 329 g/mol. The molecule has 5 heteroatoms. The molecule has 19 heavy (non-hydrogen) atoms. The molecule has 0 spiro atoms. The van der Waals surface area contributed by atoms with Gasteiger partial charge in [-0.2, -0.15) is 5.10 Å². The Balaban J connectivity index is 2.25. The highest BCUT2D eigenvalue weighted by molar-refractivity contribution is 9.10. The molecule has 0 aliphatic carbocycles. The molecule has 0 bridgehead atoms. The van der Waals surface area contributed by atoms with Crippen molar-refractivity contribution in [2.45, 2.75) is 51.7 Å². The molecule has 1 aliphatic rings. The van der Waals surface area contributed by atoms with E-state index in [-0.39, 0.29) is 0 Å². The maximum atomic E-state index is 11.1. The summed E-state index contributed by atoms with van der Waals surface area (Å²) in [6, 6.07) is 0. The zero-order valence-corrected chi connectivity index (χ0v) is 13.5. The van der Waals surface area contributed by atoms with Crippen LogP contribution >= 0.6 is 15.9 Å². The predicted octanol–water partition coefficient (Wildman–Crippen LogP) is 2.75. The highest BCUT2D eigenvalue weighted by Gasteiger charge is 2.36. The molecule has 2 heterocycles. The summed E-state index contributed by atoms with van der Waals surface area (Å²) in [6.45, 7) is 8.28. The maximum Gasteiger partial charge on any atom is 0.109 e. The van der Waals surface area contributed by atoms with Gasteiger partial charge in [0.05, 0.1) is 16.4 Å². The van der Waals surface area contributed by atoms with Crippen molar-refractivity contribution < 1.29 is 5.11 Å². The van der Waals surface area contributed by atoms with Gasteiger partial charge in [0.25, 0.3) is 0 Å². The standard InChI is InChI=1S/C14H24BrN3O/c1-3-8-18-13(12(15)11-16-18)14(19)6-5-9-17(4-2)10-7-14/h11,19H,3-10H2,1-2H3. The fourth-order valence-electron chi connectivity index (χ4n) is 2.93. The van der Waals surface area contributed by atoms with Gasteiger partial charge in [-0.15, -0.1) is 0 Å². The highest BCUT2D eigenvalue weighted by Crippen LogP contribution is 2.37. The average molecular weight is 330 g/mol. The molecular formula is C14H24BrN3O. The van der Waals surface area contributed by atoms with Crippen molar-refractivity contribution in [1.82, 2.24) is 14.7 Å². The van der Waals surface area contributed by atoms with E-state index in [1.807, 2.05) is 10.9 Å². The van der Waals surface area contributed by atoms with Gasteiger partial charge in [-0.05, 0) is 54.7 Å². The lowest BCUT2D eigenvalue weighted by Gasteiger charge is -2.28. The molecule has 1 aliphatic heterocycles. The van der Waals surface area contributed by atoms with Crippen LogP contribution in [0.2, 0.25) is 0 Å². The average Bonchev–Trinajstić information content (AvgIpc) is 2.65. The Labute approximate surface area is 123 Å². The zero-order valence-electron chi connectivity index (χ0n) is 11.9. The van der Waals surface area contributed by atoms with Crippen LogP contribution in [-0.2, 0) is 12.1 Å². The zero-order chi connectivity index (χ0) is 13.9. The fourth-order valence-corrected chi connectivity index (χ4v) is 3.60. The smallest absolute Gasteiger partial charge is 0.109 e. The third-order valence-electron chi connectivity index (χ3n) is 4.02. The minimum atomic E-state index is -0.742. The molecule has 0 amide bonds. The normalized spacial score (nSPS) is 25.5. The van der Waals surface area contributed by atoms with Gasteiger partial charge in [-0.3, -0.25) is 4.68 Å². The largest absolute Gasteiger partial charge is 0.383 e. The van der Waals surface area contributed by atoms with Crippen LogP contribution in [-0.4, -0.2) is 39.4 Å². The number of nitrogens with zero attached hydrogens (tertiary/aromatic N) is 3. The Hall–Kier alpha value is -0.390. The van der Waals surface area contributed by atoms with Gasteiger partial charge in [0.2, 0.25) is 0 Å². The maximum absolute atomic E-state index is 11.1. The molecule has 1 aromatic heterocycles. The second-order valence-corrected chi connectivity index (χ2v) is 6.24. The quantitative estimate of drug-likeness (QED) is 0.923. The van der Waals surface area contributed by atoms with Gasteiger partial charge in [0.15, 0.2) is 0 Å². The molecular weight excluding hydrogens is 306 g/mol. The van der Waals surface area contributed by atoms with E-state index in [4.69, 9.17) is 0 Å². The predicted molar refractivity (Wildman–Crippen MR) is 80.1 cm³/mol. The molecule has 1 N–H and O–H groups in total. The van der Waals surface area contributed by atoms with Gasteiger partial charge in [-0.25, -0.2) is 0 Å². The van der Waals surface area contributed by atoms with Crippen molar-refractivity contribution in [3.05, 3.63) is 16.4 Å². The van der Waals surface area contributed by atoms with Crippen molar-refractivity contribution in [3.8, 4) is 0 Å². The van der Waals surface area contributed by atoms with Crippen molar-refractivity contribution in [1.29, 1.82) is 0 Å². The van der Waals surface area contributed by atoms with Crippen molar-refractivity contribution in [3.63, 3.8) is 0 Å². The van der Waals surface area contributed by atoms with Gasteiger partial charge in [0.1, 0.15) is 5.60 Å². The van der Waals surface area contributed by atoms with Crippen LogP contribution in [0.3, 0.4) is 0 Å². The first kappa shape index (κ1) is 15.0. The van der Waals surface area contributed by atoms with Crippen molar-refractivity contribution in [2.75, 3.05) is 19.6 Å². The number of aryl methyl sites for hydroxylation is 1. The number of hydrogen-bond donors (Lipinski definition) is 1. The lowest BCUT2D eigenvalue weighted by Crippen LogP contribution is -2.32. The van der Waals surface area contributed by atoms with Crippen molar-refractivity contribution in [2.24, 2.45) is 0 Å². The first-order valence-electron chi connectivity index (χ1n) is 7.27. The van der Waals surface area contributed by atoms with Gasteiger partial charge in [0, 0.05) is 13.1 Å². The Kier molecular flexibility index (Phi) is 5.03. The van der Waals surface area contributed by atoms with Crippen LogP contribution in [0.15, 0.2) is 10.7 Å². The second-order valence-electron chi connectivity index (χ2n) is 5.38. The fraction of sp³-hybridized carbons (Fsp3) is 0.786. The van der Waals surface area contributed by atoms with Crippen LogP contribution in [0.4, 0.5) is 0 Å². The molecule has 1 unspecified atom stereocenters. The molecule has 1 aromatic rings. The number of halogens is 1. The van der Waals surface area contributed by atoms with E-state index in [0.717, 1.165) is 62.0 Å². The summed E-state index contributed by atoms with van der Waals surface area (Å²) in [5.41, 5.74) is 0.223. The lowest BCUT2D eigenvalue weighted by atomic mass is 9.91. The van der Waals surface area contributed by atoms with E-state index >= 15 is 0 Å². The van der Waals surface area contributed by atoms with Crippen molar-refractivity contribution >= 4 is 15.9 Å². The van der Waals surface area contributed by atoms with Crippen LogP contribution in [0.25, 0.3) is 0 Å². The Bertz CT molecular complexity index is 421. The minimum absolute atomic E-state index is 0.742. The van der Waals surface area contributed by atoms with Crippen LogP contribution < -0.4 is 0 Å². The summed E-state index contributed by atoms with van der Waals surface area (Å²) in [7, 11) is 0. The Morgan fingerprint density at radius 3 is 2.84 bits per heavy atom. The topological polar surface area (TPSA) is 41.3 Å². The first-order chi connectivity index (χ1) is 9.10.